The van der Waals surface area contributed by atoms with Crippen molar-refractivity contribution < 1.29 is 4.79 Å². The highest BCUT2D eigenvalue weighted by molar-refractivity contribution is 6.03. The van der Waals surface area contributed by atoms with Crippen LogP contribution < -0.4 is 5.32 Å². The maximum atomic E-state index is 11.9. The van der Waals surface area contributed by atoms with Crippen molar-refractivity contribution in [2.75, 3.05) is 5.32 Å². The van der Waals surface area contributed by atoms with Crippen LogP contribution in [0.2, 0.25) is 0 Å². The van der Waals surface area contributed by atoms with Crippen molar-refractivity contribution in [3.8, 4) is 0 Å². The molecule has 1 saturated carbocycles. The van der Waals surface area contributed by atoms with Gasteiger partial charge in [-0.2, -0.15) is 10.1 Å². The minimum Gasteiger partial charge on any atom is -0.291 e. The molecule has 0 spiro atoms. The highest BCUT2D eigenvalue weighted by Crippen LogP contribution is 2.33. The van der Waals surface area contributed by atoms with E-state index in [2.05, 4.69) is 32.6 Å². The van der Waals surface area contributed by atoms with E-state index in [1.165, 1.54) is 37.6 Å². The summed E-state index contributed by atoms with van der Waals surface area (Å²) >= 11 is 0. The fourth-order valence-corrected chi connectivity index (χ4v) is 2.61. The van der Waals surface area contributed by atoms with Gasteiger partial charge in [0.2, 0.25) is 5.95 Å². The van der Waals surface area contributed by atoms with Gasteiger partial charge in [-0.1, -0.05) is 25.0 Å². The van der Waals surface area contributed by atoms with Gasteiger partial charge in [0.15, 0.2) is 0 Å². The third kappa shape index (κ3) is 2.65. The summed E-state index contributed by atoms with van der Waals surface area (Å²) in [6, 6.07) is 7.87. The van der Waals surface area contributed by atoms with Gasteiger partial charge < -0.3 is 0 Å². The highest BCUT2D eigenvalue weighted by Gasteiger charge is 2.17. The van der Waals surface area contributed by atoms with Gasteiger partial charge in [0.25, 0.3) is 5.91 Å². The monoisotopic (exact) mass is 256 g/mol. The van der Waals surface area contributed by atoms with E-state index in [9.17, 15) is 4.79 Å². The molecular weight excluding hydrogens is 240 g/mol. The molecule has 0 bridgehead atoms. The van der Waals surface area contributed by atoms with Gasteiger partial charge in [-0.15, -0.1) is 0 Å². The summed E-state index contributed by atoms with van der Waals surface area (Å²) in [7, 11) is 0. The largest absolute Gasteiger partial charge is 0.291 e. The summed E-state index contributed by atoms with van der Waals surface area (Å²) in [5.41, 5.74) is 1.98. The zero-order valence-corrected chi connectivity index (χ0v) is 10.6. The van der Waals surface area contributed by atoms with Crippen molar-refractivity contribution in [2.45, 2.75) is 31.6 Å². The molecule has 1 aliphatic rings. The Morgan fingerprint density at radius 2 is 1.95 bits per heavy atom. The molecule has 5 nitrogen and oxygen atoms in total. The smallest absolute Gasteiger partial charge is 0.258 e. The first kappa shape index (κ1) is 11.9. The lowest BCUT2D eigenvalue weighted by Crippen LogP contribution is -2.13. The zero-order chi connectivity index (χ0) is 13.1. The molecule has 2 aromatic rings. The average Bonchev–Trinajstić information content (AvgIpc) is 3.12. The van der Waals surface area contributed by atoms with Crippen molar-refractivity contribution in [3.05, 3.63) is 41.7 Å². The molecule has 1 aromatic carbocycles. The van der Waals surface area contributed by atoms with Crippen molar-refractivity contribution in [1.29, 1.82) is 0 Å². The molecule has 0 radical (unpaired) electrons. The second kappa shape index (κ2) is 5.22. The van der Waals surface area contributed by atoms with Crippen LogP contribution in [0.1, 0.15) is 47.5 Å². The van der Waals surface area contributed by atoms with Gasteiger partial charge in [0.1, 0.15) is 6.33 Å². The number of carbonyl (C=O) groups excluding carboxylic acids is 1. The van der Waals surface area contributed by atoms with Gasteiger partial charge in [-0.25, -0.2) is 5.10 Å². The van der Waals surface area contributed by atoms with E-state index in [0.717, 1.165) is 0 Å². The van der Waals surface area contributed by atoms with E-state index in [4.69, 9.17) is 0 Å². The van der Waals surface area contributed by atoms with Crippen LogP contribution >= 0.6 is 0 Å². The summed E-state index contributed by atoms with van der Waals surface area (Å²) in [5.74, 6) is 0.867. The molecule has 1 heterocycles. The van der Waals surface area contributed by atoms with Crippen LogP contribution in [0, 0.1) is 0 Å². The maximum absolute atomic E-state index is 11.9. The van der Waals surface area contributed by atoms with Crippen LogP contribution in [0.5, 0.6) is 0 Å². The quantitative estimate of drug-likeness (QED) is 0.887. The third-order valence-corrected chi connectivity index (χ3v) is 3.65. The van der Waals surface area contributed by atoms with Gasteiger partial charge in [-0.05, 0) is 36.5 Å². The highest BCUT2D eigenvalue weighted by atomic mass is 16.1. The number of benzene rings is 1. The van der Waals surface area contributed by atoms with Crippen molar-refractivity contribution in [1.82, 2.24) is 15.2 Å². The first-order chi connectivity index (χ1) is 9.33. The van der Waals surface area contributed by atoms with Gasteiger partial charge in [0.05, 0.1) is 0 Å². The molecule has 0 saturated heterocycles. The number of nitrogens with one attached hydrogen (secondary N) is 2. The average molecular weight is 256 g/mol. The Labute approximate surface area is 111 Å². The second-order valence-corrected chi connectivity index (χ2v) is 4.89. The number of hydrogen-bond acceptors (Lipinski definition) is 3. The van der Waals surface area contributed by atoms with Gasteiger partial charge in [0, 0.05) is 5.56 Å². The Bertz CT molecular complexity index is 541. The molecule has 1 aliphatic carbocycles. The summed E-state index contributed by atoms with van der Waals surface area (Å²) in [4.78, 5) is 15.8. The van der Waals surface area contributed by atoms with Crippen LogP contribution in [0.4, 0.5) is 5.95 Å². The van der Waals surface area contributed by atoms with Crippen LogP contribution in [-0.4, -0.2) is 21.1 Å². The molecule has 5 heteroatoms. The van der Waals surface area contributed by atoms with Crippen LogP contribution in [0.15, 0.2) is 30.6 Å². The number of carbonyl (C=O) groups is 1. The van der Waals surface area contributed by atoms with Crippen LogP contribution in [0.25, 0.3) is 0 Å². The van der Waals surface area contributed by atoms with Crippen molar-refractivity contribution >= 4 is 11.9 Å². The van der Waals surface area contributed by atoms with E-state index in [1.807, 2.05) is 12.1 Å². The summed E-state index contributed by atoms with van der Waals surface area (Å²) in [6.07, 6.45) is 6.53. The summed E-state index contributed by atoms with van der Waals surface area (Å²) in [5, 5.41) is 8.94. The van der Waals surface area contributed by atoms with E-state index in [1.54, 1.807) is 0 Å². The molecule has 19 heavy (non-hydrogen) atoms. The zero-order valence-electron chi connectivity index (χ0n) is 10.6. The van der Waals surface area contributed by atoms with E-state index < -0.39 is 0 Å². The Balaban J connectivity index is 1.69. The molecular formula is C14H16N4O. The molecule has 1 amide bonds. The predicted molar refractivity (Wildman–Crippen MR) is 72.0 cm³/mol. The Hall–Kier alpha value is -2.17. The normalized spacial score (nSPS) is 15.6. The first-order valence-electron chi connectivity index (χ1n) is 6.59. The van der Waals surface area contributed by atoms with Gasteiger partial charge >= 0.3 is 0 Å². The summed E-state index contributed by atoms with van der Waals surface area (Å²) in [6.45, 7) is 0. The number of hydrogen-bond donors (Lipinski definition) is 2. The Kier molecular flexibility index (Phi) is 3.27. The molecule has 0 aliphatic heterocycles. The van der Waals surface area contributed by atoms with E-state index >= 15 is 0 Å². The lowest BCUT2D eigenvalue weighted by Gasteiger charge is -2.09. The minimum atomic E-state index is -0.172. The lowest BCUT2D eigenvalue weighted by molar-refractivity contribution is 0.102. The number of H-pyrrole nitrogens is 1. The number of aromatic amines is 1. The Morgan fingerprint density at radius 3 is 2.58 bits per heavy atom. The standard InChI is InChI=1S/C14H16N4O/c19-13(17-14-15-9-16-18-14)12-7-5-11(6-8-12)10-3-1-2-4-10/h5-10H,1-4H2,(H2,15,16,17,18,19). The second-order valence-electron chi connectivity index (χ2n) is 4.89. The predicted octanol–water partition coefficient (Wildman–Crippen LogP) is 2.71. The number of rotatable bonds is 3. The van der Waals surface area contributed by atoms with E-state index in [-0.39, 0.29) is 5.91 Å². The molecule has 98 valence electrons. The topological polar surface area (TPSA) is 70.7 Å². The van der Waals surface area contributed by atoms with Crippen molar-refractivity contribution in [2.24, 2.45) is 0 Å². The van der Waals surface area contributed by atoms with Crippen molar-refractivity contribution in [3.63, 3.8) is 0 Å². The molecule has 1 aromatic heterocycles. The van der Waals surface area contributed by atoms with Crippen LogP contribution in [-0.2, 0) is 0 Å². The number of anilines is 1. The SMILES string of the molecule is O=C(Nc1ncn[nH]1)c1ccc(C2CCCC2)cc1. The molecule has 3 rings (SSSR count). The number of amides is 1. The summed E-state index contributed by atoms with van der Waals surface area (Å²) < 4.78 is 0. The van der Waals surface area contributed by atoms with E-state index in [0.29, 0.717) is 17.4 Å². The Morgan fingerprint density at radius 1 is 1.21 bits per heavy atom. The molecule has 1 fully saturated rings. The minimum absolute atomic E-state index is 0.172. The first-order valence-corrected chi connectivity index (χ1v) is 6.59. The maximum Gasteiger partial charge on any atom is 0.258 e. The molecule has 0 unspecified atom stereocenters. The fraction of sp³-hybridized carbons (Fsp3) is 0.357. The fourth-order valence-electron chi connectivity index (χ4n) is 2.61. The lowest BCUT2D eigenvalue weighted by atomic mass is 9.97. The van der Waals surface area contributed by atoms with Crippen LogP contribution in [0.3, 0.4) is 0 Å². The molecule has 0 atom stereocenters. The molecule has 2 N–H and O–H groups in total. The number of nitrogens with zero attached hydrogens (tertiary/aromatic N) is 2. The van der Waals surface area contributed by atoms with Gasteiger partial charge in [-0.3, -0.25) is 10.1 Å². The third-order valence-electron chi connectivity index (χ3n) is 3.65. The number of aromatic nitrogens is 3.